The van der Waals surface area contributed by atoms with Crippen LogP contribution < -0.4 is 42.9 Å². The van der Waals surface area contributed by atoms with Crippen molar-refractivity contribution in [3.05, 3.63) is 151 Å². The smallest absolute Gasteiger partial charge is 0.353 e. The van der Waals surface area contributed by atoms with Crippen LogP contribution in [0.4, 0.5) is 5.69 Å². The highest BCUT2D eigenvalue weighted by Gasteiger charge is 2.56. The first-order chi connectivity index (χ1) is 20.1. The number of halogens is 1. The molecule has 4 nitrogen and oxygen atoms in total. The molecule has 0 bridgehead atoms. The predicted octanol–water partition coefficient (Wildman–Crippen LogP) is 4.01. The maximum atomic E-state index is 14.2. The van der Waals surface area contributed by atoms with Crippen LogP contribution in [0.3, 0.4) is 0 Å². The summed E-state index contributed by atoms with van der Waals surface area (Å²) in [6, 6.07) is 47.1. The minimum absolute atomic E-state index is 0. The zero-order valence-electron chi connectivity index (χ0n) is 23.4. The van der Waals surface area contributed by atoms with E-state index in [-0.39, 0.29) is 28.9 Å². The third kappa shape index (κ3) is 6.70. The lowest BCUT2D eigenvalue weighted by Gasteiger charge is -2.33. The molecular formula is C36H33BrNO3P. The highest BCUT2D eigenvalue weighted by Crippen LogP contribution is 2.61. The van der Waals surface area contributed by atoms with Gasteiger partial charge in [-0.15, -0.1) is 0 Å². The lowest BCUT2D eigenvalue weighted by Crippen LogP contribution is -3.00. The predicted molar refractivity (Wildman–Crippen MR) is 170 cm³/mol. The van der Waals surface area contributed by atoms with Crippen molar-refractivity contribution in [1.82, 2.24) is 0 Å². The van der Waals surface area contributed by atoms with Gasteiger partial charge in [0.2, 0.25) is 0 Å². The Labute approximate surface area is 258 Å². The van der Waals surface area contributed by atoms with E-state index in [1.807, 2.05) is 97.1 Å². The molecule has 0 aliphatic rings. The molecule has 1 atom stereocenters. The second-order valence-electron chi connectivity index (χ2n) is 9.80. The number of esters is 1. The van der Waals surface area contributed by atoms with E-state index in [0.717, 1.165) is 22.3 Å². The molecule has 0 aromatic heterocycles. The SMILES string of the molecule is CCCC(C(=O)Oc1ccccc1)[P+](c1ccccc1)(c1ccccc1)c1ccc(NC(=O)c2ccccc2)cc1.[Br-]. The van der Waals surface area contributed by atoms with E-state index in [0.29, 0.717) is 23.4 Å². The van der Waals surface area contributed by atoms with Crippen molar-refractivity contribution < 1.29 is 31.3 Å². The summed E-state index contributed by atoms with van der Waals surface area (Å²) in [4.78, 5) is 27.0. The van der Waals surface area contributed by atoms with Crippen molar-refractivity contribution in [3.8, 4) is 5.75 Å². The Kier molecular flexibility index (Phi) is 10.8. The number of rotatable bonds is 10. The van der Waals surface area contributed by atoms with E-state index in [1.54, 1.807) is 12.1 Å². The molecule has 1 N–H and O–H groups in total. The number of para-hydroxylation sites is 1. The average Bonchev–Trinajstić information content (AvgIpc) is 3.03. The van der Waals surface area contributed by atoms with Crippen LogP contribution in [0.2, 0.25) is 0 Å². The number of amides is 1. The lowest BCUT2D eigenvalue weighted by atomic mass is 10.2. The van der Waals surface area contributed by atoms with Crippen LogP contribution in [0.25, 0.3) is 0 Å². The molecule has 0 heterocycles. The van der Waals surface area contributed by atoms with Crippen molar-refractivity contribution in [2.45, 2.75) is 25.4 Å². The molecule has 5 aromatic carbocycles. The highest BCUT2D eigenvalue weighted by molar-refractivity contribution is 7.96. The van der Waals surface area contributed by atoms with E-state index in [1.165, 1.54) is 0 Å². The Morgan fingerprint density at radius 2 is 1.10 bits per heavy atom. The van der Waals surface area contributed by atoms with Gasteiger partial charge in [0.05, 0.1) is 0 Å². The maximum absolute atomic E-state index is 14.2. The van der Waals surface area contributed by atoms with Crippen molar-refractivity contribution in [2.75, 3.05) is 5.32 Å². The molecule has 6 heteroatoms. The first-order valence-corrected chi connectivity index (χ1v) is 15.7. The van der Waals surface area contributed by atoms with Crippen LogP contribution in [0.1, 0.15) is 30.1 Å². The Morgan fingerprint density at radius 1 is 0.643 bits per heavy atom. The molecule has 0 saturated carbocycles. The van der Waals surface area contributed by atoms with Gasteiger partial charge >= 0.3 is 5.97 Å². The summed E-state index contributed by atoms with van der Waals surface area (Å²) in [5, 5.41) is 6.27. The second kappa shape index (κ2) is 14.7. The van der Waals surface area contributed by atoms with Gasteiger partial charge < -0.3 is 27.0 Å². The molecule has 1 amide bonds. The number of carbonyl (C=O) groups is 2. The Bertz CT molecular complexity index is 1530. The average molecular weight is 639 g/mol. The van der Waals surface area contributed by atoms with Crippen molar-refractivity contribution in [3.63, 3.8) is 0 Å². The Balaban J connectivity index is 0.00000405. The van der Waals surface area contributed by atoms with Gasteiger partial charge in [-0.3, -0.25) is 4.79 Å². The summed E-state index contributed by atoms with van der Waals surface area (Å²) in [5.41, 5.74) is 0.877. The minimum Gasteiger partial charge on any atom is -1.00 e. The van der Waals surface area contributed by atoms with Crippen LogP contribution in [0.15, 0.2) is 146 Å². The van der Waals surface area contributed by atoms with Crippen LogP contribution in [-0.2, 0) is 4.79 Å². The van der Waals surface area contributed by atoms with Crippen LogP contribution in [-0.4, -0.2) is 17.5 Å². The molecule has 42 heavy (non-hydrogen) atoms. The Hall–Kier alpha value is -4.05. The molecule has 5 rings (SSSR count). The number of benzene rings is 5. The fraction of sp³-hybridized carbons (Fsp3) is 0.111. The summed E-state index contributed by atoms with van der Waals surface area (Å²) in [5.74, 6) is 0.137. The van der Waals surface area contributed by atoms with Gasteiger partial charge in [0.15, 0.2) is 5.66 Å². The zero-order chi connectivity index (χ0) is 28.5. The second-order valence-corrected chi connectivity index (χ2v) is 13.4. The highest BCUT2D eigenvalue weighted by atomic mass is 79.9. The number of hydrogen-bond donors (Lipinski definition) is 1. The molecule has 5 aromatic rings. The largest absolute Gasteiger partial charge is 1.00 e. The van der Waals surface area contributed by atoms with Gasteiger partial charge in [-0.1, -0.05) is 86.1 Å². The zero-order valence-corrected chi connectivity index (χ0v) is 25.9. The van der Waals surface area contributed by atoms with Gasteiger partial charge in [-0.05, 0) is 79.2 Å². The normalized spacial score (nSPS) is 11.5. The van der Waals surface area contributed by atoms with E-state index in [4.69, 9.17) is 4.74 Å². The first kappa shape index (κ1) is 30.9. The molecular weight excluding hydrogens is 605 g/mol. The fourth-order valence-corrected chi connectivity index (χ4v) is 10.2. The minimum atomic E-state index is -2.57. The van der Waals surface area contributed by atoms with Crippen molar-refractivity contribution in [2.24, 2.45) is 0 Å². The number of anilines is 1. The molecule has 0 aliphatic heterocycles. The lowest BCUT2D eigenvalue weighted by molar-refractivity contribution is -0.134. The summed E-state index contributed by atoms with van der Waals surface area (Å²) in [7, 11) is -2.57. The summed E-state index contributed by atoms with van der Waals surface area (Å²) in [6.45, 7) is 2.11. The first-order valence-electron chi connectivity index (χ1n) is 13.9. The molecule has 0 saturated heterocycles. The van der Waals surface area contributed by atoms with E-state index >= 15 is 0 Å². The van der Waals surface area contributed by atoms with Gasteiger partial charge in [0.25, 0.3) is 5.91 Å². The summed E-state index contributed by atoms with van der Waals surface area (Å²) < 4.78 is 6.06. The van der Waals surface area contributed by atoms with Gasteiger partial charge in [0, 0.05) is 11.3 Å². The quantitative estimate of drug-likeness (QED) is 0.143. The van der Waals surface area contributed by atoms with Crippen LogP contribution in [0.5, 0.6) is 5.75 Å². The number of hydrogen-bond acceptors (Lipinski definition) is 3. The standard InChI is InChI=1S/C36H32NO3P.BrH/c1-2-15-34(36(39)40-30-18-9-4-10-19-30)41(31-20-11-5-12-21-31,32-22-13-6-14-23-32)33-26-24-29(25-27-33)37-35(38)28-16-7-3-8-17-28;/h3-14,16-27,34H,2,15H2,1H3;1H. The number of nitrogens with one attached hydrogen (secondary N) is 1. The third-order valence-corrected chi connectivity index (χ3v) is 11.9. The molecule has 1 unspecified atom stereocenters. The van der Waals surface area contributed by atoms with Gasteiger partial charge in [0.1, 0.15) is 28.9 Å². The number of ether oxygens (including phenoxy) is 1. The fourth-order valence-electron chi connectivity index (χ4n) is 5.30. The molecule has 0 aliphatic carbocycles. The molecule has 0 fully saturated rings. The maximum Gasteiger partial charge on any atom is 0.353 e. The van der Waals surface area contributed by atoms with Gasteiger partial charge in [-0.25, -0.2) is 4.79 Å². The monoisotopic (exact) mass is 637 g/mol. The van der Waals surface area contributed by atoms with Crippen LogP contribution in [0, 0.1) is 0 Å². The summed E-state index contributed by atoms with van der Waals surface area (Å²) >= 11 is 0. The van der Waals surface area contributed by atoms with Crippen molar-refractivity contribution in [1.29, 1.82) is 0 Å². The Morgan fingerprint density at radius 3 is 1.60 bits per heavy atom. The molecule has 212 valence electrons. The van der Waals surface area contributed by atoms with E-state index in [2.05, 4.69) is 48.6 Å². The van der Waals surface area contributed by atoms with Crippen LogP contribution >= 0.6 is 7.26 Å². The van der Waals surface area contributed by atoms with E-state index in [9.17, 15) is 9.59 Å². The summed E-state index contributed by atoms with van der Waals surface area (Å²) in [6.07, 6.45) is 1.48. The van der Waals surface area contributed by atoms with Gasteiger partial charge in [-0.2, -0.15) is 0 Å². The molecule has 0 radical (unpaired) electrons. The number of carbonyl (C=O) groups excluding carboxylic acids is 2. The topological polar surface area (TPSA) is 55.4 Å². The third-order valence-electron chi connectivity index (χ3n) is 7.16. The van der Waals surface area contributed by atoms with Crippen molar-refractivity contribution >= 4 is 40.7 Å². The van der Waals surface area contributed by atoms with E-state index < -0.39 is 12.9 Å². The molecule has 0 spiro atoms.